The smallest absolute Gasteiger partial charge is 0.335 e. The maximum absolute atomic E-state index is 12.8. The standard InChI is InChI=1S/C23H16N4O6/c28-18-16(20(30)26(22(32)24-18)14-8-3-1-4-9-14)12-7-13-17-19(29)25-23(33)27(21(17)31)15-10-5-2-6-11-15/h1-13,30H,(H,24,28,32)(H,25,29,33)/p-1. The van der Waals surface area contributed by atoms with E-state index < -0.39 is 35.0 Å². The molecule has 0 bridgehead atoms. The molecule has 1 aromatic heterocycles. The molecule has 1 aliphatic heterocycles. The summed E-state index contributed by atoms with van der Waals surface area (Å²) in [6, 6.07) is 15.1. The third kappa shape index (κ3) is 4.00. The number of barbiturate groups is 1. The van der Waals surface area contributed by atoms with Crippen molar-refractivity contribution in [3.05, 3.63) is 105 Å². The number of amides is 4. The van der Waals surface area contributed by atoms with Crippen molar-refractivity contribution in [1.82, 2.24) is 14.9 Å². The third-order valence-corrected chi connectivity index (χ3v) is 4.76. The van der Waals surface area contributed by atoms with E-state index in [4.69, 9.17) is 0 Å². The van der Waals surface area contributed by atoms with Gasteiger partial charge in [0.1, 0.15) is 5.57 Å². The number of urea groups is 1. The van der Waals surface area contributed by atoms with Gasteiger partial charge >= 0.3 is 11.7 Å². The molecule has 2 heterocycles. The van der Waals surface area contributed by atoms with Gasteiger partial charge in [-0.3, -0.25) is 29.3 Å². The van der Waals surface area contributed by atoms with Crippen LogP contribution in [0.25, 0.3) is 11.8 Å². The largest absolute Gasteiger partial charge is 0.859 e. The van der Waals surface area contributed by atoms with Crippen molar-refractivity contribution in [2.75, 3.05) is 4.90 Å². The number of rotatable bonds is 4. The molecule has 164 valence electrons. The summed E-state index contributed by atoms with van der Waals surface area (Å²) < 4.78 is 0.794. The minimum atomic E-state index is -0.924. The van der Waals surface area contributed by atoms with Crippen molar-refractivity contribution in [1.29, 1.82) is 0 Å². The molecular formula is C23H15N4O6-. The zero-order valence-electron chi connectivity index (χ0n) is 16.8. The van der Waals surface area contributed by atoms with Crippen LogP contribution in [-0.2, 0) is 9.59 Å². The van der Waals surface area contributed by atoms with Crippen LogP contribution in [0.3, 0.4) is 0 Å². The van der Waals surface area contributed by atoms with Gasteiger partial charge in [0.2, 0.25) is 0 Å². The minimum Gasteiger partial charge on any atom is -0.859 e. The fourth-order valence-electron chi connectivity index (χ4n) is 3.22. The Morgan fingerprint density at radius 2 is 1.42 bits per heavy atom. The van der Waals surface area contributed by atoms with Gasteiger partial charge in [-0.1, -0.05) is 42.5 Å². The van der Waals surface area contributed by atoms with Crippen molar-refractivity contribution < 1.29 is 19.5 Å². The van der Waals surface area contributed by atoms with Crippen LogP contribution in [0.2, 0.25) is 0 Å². The second-order valence-electron chi connectivity index (χ2n) is 6.82. The fourth-order valence-corrected chi connectivity index (χ4v) is 3.22. The average molecular weight is 443 g/mol. The molecule has 4 rings (SSSR count). The van der Waals surface area contributed by atoms with E-state index in [1.807, 2.05) is 0 Å². The Hall–Kier alpha value is -4.99. The molecule has 1 aliphatic rings. The van der Waals surface area contributed by atoms with Crippen LogP contribution in [-0.4, -0.2) is 27.4 Å². The quantitative estimate of drug-likeness (QED) is 0.451. The summed E-state index contributed by atoms with van der Waals surface area (Å²) in [6.07, 6.45) is 3.31. The Morgan fingerprint density at radius 1 is 0.818 bits per heavy atom. The van der Waals surface area contributed by atoms with Gasteiger partial charge in [-0.2, -0.15) is 0 Å². The summed E-state index contributed by atoms with van der Waals surface area (Å²) in [5.74, 6) is -2.66. The molecule has 10 nitrogen and oxygen atoms in total. The predicted molar refractivity (Wildman–Crippen MR) is 117 cm³/mol. The Labute approximate surface area is 185 Å². The molecule has 0 aliphatic carbocycles. The van der Waals surface area contributed by atoms with Crippen LogP contribution in [0, 0.1) is 0 Å². The summed E-state index contributed by atoms with van der Waals surface area (Å²) in [5.41, 5.74) is -2.06. The van der Waals surface area contributed by atoms with Gasteiger partial charge in [-0.15, -0.1) is 0 Å². The zero-order valence-corrected chi connectivity index (χ0v) is 16.8. The molecule has 0 saturated carbocycles. The van der Waals surface area contributed by atoms with Gasteiger partial charge in [0.25, 0.3) is 17.4 Å². The average Bonchev–Trinajstić information content (AvgIpc) is 2.79. The molecule has 10 heteroatoms. The molecule has 4 amide bonds. The molecule has 0 unspecified atom stereocenters. The maximum atomic E-state index is 12.8. The number of carbonyl (C=O) groups is 3. The summed E-state index contributed by atoms with van der Waals surface area (Å²) in [5, 5.41) is 14.8. The normalized spacial score (nSPS) is 15.3. The van der Waals surface area contributed by atoms with Crippen molar-refractivity contribution in [3.8, 4) is 11.6 Å². The van der Waals surface area contributed by atoms with E-state index in [1.165, 1.54) is 24.3 Å². The van der Waals surface area contributed by atoms with Gasteiger partial charge in [0, 0.05) is 11.3 Å². The lowest BCUT2D eigenvalue weighted by Gasteiger charge is -2.26. The number of nitrogens with one attached hydrogen (secondary N) is 2. The van der Waals surface area contributed by atoms with Crippen molar-refractivity contribution in [2.24, 2.45) is 0 Å². The number of imide groups is 2. The van der Waals surface area contributed by atoms with Crippen molar-refractivity contribution >= 4 is 29.6 Å². The highest BCUT2D eigenvalue weighted by atomic mass is 16.3. The Balaban J connectivity index is 1.71. The van der Waals surface area contributed by atoms with E-state index in [9.17, 15) is 29.1 Å². The molecule has 2 N–H and O–H groups in total. The van der Waals surface area contributed by atoms with E-state index in [1.54, 1.807) is 36.4 Å². The summed E-state index contributed by atoms with van der Waals surface area (Å²) in [4.78, 5) is 64.3. The second-order valence-corrected chi connectivity index (χ2v) is 6.82. The number of carbonyl (C=O) groups excluding carboxylic acids is 3. The number of para-hydroxylation sites is 2. The van der Waals surface area contributed by atoms with Gasteiger partial charge in [-0.25, -0.2) is 14.5 Å². The van der Waals surface area contributed by atoms with Crippen LogP contribution < -0.4 is 26.6 Å². The number of aromatic nitrogens is 2. The van der Waals surface area contributed by atoms with Crippen molar-refractivity contribution in [3.63, 3.8) is 0 Å². The lowest BCUT2D eigenvalue weighted by molar-refractivity contribution is -0.278. The first-order chi connectivity index (χ1) is 15.9. The number of benzene rings is 2. The number of H-pyrrole nitrogens is 1. The molecule has 2 aromatic carbocycles. The van der Waals surface area contributed by atoms with Gasteiger partial charge in [-0.05, 0) is 42.3 Å². The van der Waals surface area contributed by atoms with Crippen LogP contribution in [0.4, 0.5) is 10.5 Å². The fraction of sp³-hybridized carbons (Fsp3) is 0. The van der Waals surface area contributed by atoms with Crippen LogP contribution >= 0.6 is 0 Å². The minimum absolute atomic E-state index is 0.260. The molecule has 33 heavy (non-hydrogen) atoms. The summed E-state index contributed by atoms with van der Waals surface area (Å²) in [7, 11) is 0. The monoisotopic (exact) mass is 443 g/mol. The predicted octanol–water partition coefficient (Wildman–Crippen LogP) is 0.822. The SMILES string of the molecule is O=C1NC(=O)N(c2ccccc2)C(=O)C1=CC=Cc1c([O-])n(-c2ccccc2)c(=O)[nH]c1=O. The molecule has 1 saturated heterocycles. The third-order valence-electron chi connectivity index (χ3n) is 4.76. The first-order valence-electron chi connectivity index (χ1n) is 9.63. The van der Waals surface area contributed by atoms with Gasteiger partial charge < -0.3 is 5.11 Å². The first-order valence-corrected chi connectivity index (χ1v) is 9.63. The number of hydrogen-bond donors (Lipinski definition) is 2. The van der Waals surface area contributed by atoms with Gasteiger partial charge in [0.05, 0.1) is 5.69 Å². The topological polar surface area (TPSA) is 144 Å². The van der Waals surface area contributed by atoms with Crippen molar-refractivity contribution in [2.45, 2.75) is 0 Å². The number of anilines is 1. The summed E-state index contributed by atoms with van der Waals surface area (Å²) in [6.45, 7) is 0. The van der Waals surface area contributed by atoms with E-state index in [2.05, 4.69) is 10.3 Å². The van der Waals surface area contributed by atoms with Crippen LogP contribution in [0.5, 0.6) is 5.88 Å². The second kappa shape index (κ2) is 8.63. The lowest BCUT2D eigenvalue weighted by atomic mass is 10.1. The highest BCUT2D eigenvalue weighted by Crippen LogP contribution is 2.20. The van der Waals surface area contributed by atoms with Gasteiger partial charge in [0.15, 0.2) is 0 Å². The van der Waals surface area contributed by atoms with E-state index >= 15 is 0 Å². The Kier molecular flexibility index (Phi) is 5.56. The number of allylic oxidation sites excluding steroid dienone is 2. The number of hydrogen-bond acceptors (Lipinski definition) is 6. The molecule has 0 atom stereocenters. The highest BCUT2D eigenvalue weighted by molar-refractivity contribution is 6.37. The Bertz CT molecular complexity index is 1440. The highest BCUT2D eigenvalue weighted by Gasteiger charge is 2.36. The number of nitrogens with zero attached hydrogens (tertiary/aromatic N) is 2. The molecule has 0 radical (unpaired) electrons. The molecule has 0 spiro atoms. The summed E-state index contributed by atoms with van der Waals surface area (Å²) >= 11 is 0. The maximum Gasteiger partial charge on any atom is 0.335 e. The number of aromatic amines is 1. The van der Waals surface area contributed by atoms with Crippen LogP contribution in [0.15, 0.2) is 88.0 Å². The molecular weight excluding hydrogens is 428 g/mol. The van der Waals surface area contributed by atoms with E-state index in [0.717, 1.165) is 27.7 Å². The van der Waals surface area contributed by atoms with E-state index in [-0.39, 0.29) is 22.5 Å². The zero-order chi connectivity index (χ0) is 23.5. The molecule has 3 aromatic rings. The molecule has 1 fully saturated rings. The Morgan fingerprint density at radius 3 is 2.06 bits per heavy atom. The first kappa shape index (κ1) is 21.2. The van der Waals surface area contributed by atoms with E-state index in [0.29, 0.717) is 0 Å². The van der Waals surface area contributed by atoms with Crippen LogP contribution in [0.1, 0.15) is 5.56 Å². The lowest BCUT2D eigenvalue weighted by Crippen LogP contribution is -2.54.